The van der Waals surface area contributed by atoms with Crippen molar-refractivity contribution in [3.63, 3.8) is 0 Å². The van der Waals surface area contributed by atoms with E-state index in [0.717, 1.165) is 25.8 Å². The van der Waals surface area contributed by atoms with E-state index in [1.807, 2.05) is 6.92 Å². The normalized spacial score (nSPS) is 21.9. The summed E-state index contributed by atoms with van der Waals surface area (Å²) in [5.74, 6) is -0.280. The van der Waals surface area contributed by atoms with E-state index >= 15 is 0 Å². The predicted octanol–water partition coefficient (Wildman–Crippen LogP) is 2.61. The van der Waals surface area contributed by atoms with Gasteiger partial charge in [-0.05, 0) is 38.5 Å². The highest BCUT2D eigenvalue weighted by Gasteiger charge is 2.41. The van der Waals surface area contributed by atoms with Crippen LogP contribution in [0.1, 0.15) is 58.3 Å². The lowest BCUT2D eigenvalue weighted by molar-refractivity contribution is -0.146. The van der Waals surface area contributed by atoms with Gasteiger partial charge in [-0.3, -0.25) is 0 Å². The summed E-state index contributed by atoms with van der Waals surface area (Å²) in [6.07, 6.45) is 7.54. The van der Waals surface area contributed by atoms with E-state index in [0.29, 0.717) is 25.3 Å². The third kappa shape index (κ3) is 3.25. The molecule has 2 aliphatic carbocycles. The van der Waals surface area contributed by atoms with E-state index < -0.39 is 11.5 Å². The molecule has 0 radical (unpaired) electrons. The summed E-state index contributed by atoms with van der Waals surface area (Å²) >= 11 is 0. The van der Waals surface area contributed by atoms with Gasteiger partial charge in [-0.2, -0.15) is 0 Å². The lowest BCUT2D eigenvalue weighted by Crippen LogP contribution is -2.59. The summed E-state index contributed by atoms with van der Waals surface area (Å²) in [7, 11) is 0. The Hall–Kier alpha value is -1.26. The van der Waals surface area contributed by atoms with Crippen molar-refractivity contribution in [3.05, 3.63) is 0 Å². The molecule has 0 heterocycles. The zero-order chi connectivity index (χ0) is 14.6. The van der Waals surface area contributed by atoms with Gasteiger partial charge in [0.1, 0.15) is 5.54 Å². The molecule has 0 aromatic rings. The molecule has 2 fully saturated rings. The Kier molecular flexibility index (Phi) is 4.89. The van der Waals surface area contributed by atoms with Crippen LogP contribution in [0.3, 0.4) is 0 Å². The molecule has 0 aromatic carbocycles. The molecule has 0 saturated heterocycles. The fourth-order valence-corrected chi connectivity index (χ4v) is 3.17. The molecule has 0 aliphatic heterocycles. The number of carboxylic acids is 1. The van der Waals surface area contributed by atoms with Crippen molar-refractivity contribution in [1.29, 1.82) is 0 Å². The summed E-state index contributed by atoms with van der Waals surface area (Å²) in [4.78, 5) is 25.7. The van der Waals surface area contributed by atoms with Gasteiger partial charge in [0.2, 0.25) is 0 Å². The number of nitrogens with one attached hydrogen (secondary N) is 1. The number of nitrogens with zero attached hydrogens (tertiary/aromatic N) is 1. The van der Waals surface area contributed by atoms with Crippen molar-refractivity contribution in [2.24, 2.45) is 5.92 Å². The number of hydrogen-bond donors (Lipinski definition) is 2. The quantitative estimate of drug-likeness (QED) is 0.814. The van der Waals surface area contributed by atoms with Gasteiger partial charge >= 0.3 is 12.0 Å². The Balaban J connectivity index is 1.96. The highest BCUT2D eigenvalue weighted by molar-refractivity contribution is 5.86. The van der Waals surface area contributed by atoms with Gasteiger partial charge in [-0.25, -0.2) is 9.59 Å². The molecule has 0 unspecified atom stereocenters. The maximum Gasteiger partial charge on any atom is 0.329 e. The van der Waals surface area contributed by atoms with Gasteiger partial charge in [0, 0.05) is 13.1 Å². The largest absolute Gasteiger partial charge is 0.480 e. The molecule has 114 valence electrons. The zero-order valence-electron chi connectivity index (χ0n) is 12.4. The molecule has 5 heteroatoms. The van der Waals surface area contributed by atoms with Crippen LogP contribution in [-0.4, -0.2) is 40.6 Å². The van der Waals surface area contributed by atoms with Gasteiger partial charge in [0.05, 0.1) is 0 Å². The first-order valence-electron chi connectivity index (χ1n) is 7.88. The van der Waals surface area contributed by atoms with Crippen LogP contribution in [0, 0.1) is 5.92 Å². The molecule has 2 aliphatic rings. The van der Waals surface area contributed by atoms with Crippen molar-refractivity contribution in [1.82, 2.24) is 10.2 Å². The third-order valence-corrected chi connectivity index (χ3v) is 4.83. The van der Waals surface area contributed by atoms with Crippen molar-refractivity contribution in [2.75, 3.05) is 13.1 Å². The van der Waals surface area contributed by atoms with E-state index in [-0.39, 0.29) is 6.03 Å². The first kappa shape index (κ1) is 15.1. The Labute approximate surface area is 120 Å². The average Bonchev–Trinajstić information content (AvgIpc) is 2.38. The van der Waals surface area contributed by atoms with Crippen LogP contribution in [0.25, 0.3) is 0 Å². The Morgan fingerprint density at radius 2 is 1.85 bits per heavy atom. The lowest BCUT2D eigenvalue weighted by Gasteiger charge is -2.37. The number of aliphatic carboxylic acids is 1. The van der Waals surface area contributed by atoms with E-state index in [2.05, 4.69) is 5.32 Å². The Morgan fingerprint density at radius 1 is 1.20 bits per heavy atom. The molecule has 0 spiro atoms. The molecular weight excluding hydrogens is 256 g/mol. The second-order valence-corrected chi connectivity index (χ2v) is 6.21. The summed E-state index contributed by atoms with van der Waals surface area (Å²) < 4.78 is 0. The van der Waals surface area contributed by atoms with Gasteiger partial charge in [0.15, 0.2) is 0 Å². The topological polar surface area (TPSA) is 69.6 Å². The van der Waals surface area contributed by atoms with Crippen LogP contribution in [0.5, 0.6) is 0 Å². The van der Waals surface area contributed by atoms with Crippen molar-refractivity contribution < 1.29 is 14.7 Å². The Bertz CT molecular complexity index is 360. The van der Waals surface area contributed by atoms with Crippen LogP contribution in [0.2, 0.25) is 0 Å². The molecule has 20 heavy (non-hydrogen) atoms. The average molecular weight is 282 g/mol. The monoisotopic (exact) mass is 282 g/mol. The molecule has 2 amide bonds. The molecule has 0 aromatic heterocycles. The summed E-state index contributed by atoms with van der Waals surface area (Å²) in [5, 5.41) is 12.3. The van der Waals surface area contributed by atoms with E-state index in [9.17, 15) is 14.7 Å². The fraction of sp³-hybridized carbons (Fsp3) is 0.867. The predicted molar refractivity (Wildman–Crippen MR) is 76.6 cm³/mol. The zero-order valence-corrected chi connectivity index (χ0v) is 12.4. The summed E-state index contributed by atoms with van der Waals surface area (Å²) in [6.45, 7) is 3.35. The first-order chi connectivity index (χ1) is 9.57. The minimum absolute atomic E-state index is 0.205. The van der Waals surface area contributed by atoms with Crippen molar-refractivity contribution >= 4 is 12.0 Å². The minimum atomic E-state index is -1.04. The van der Waals surface area contributed by atoms with E-state index in [1.165, 1.54) is 19.3 Å². The number of amides is 2. The number of carbonyl (C=O) groups excluding carboxylic acids is 1. The SMILES string of the molecule is CCN(CC1CCC1)C(=O)NC1(C(=O)O)CCCCC1. The molecular formula is C15H26N2O3. The van der Waals surface area contributed by atoms with Crippen LogP contribution in [-0.2, 0) is 4.79 Å². The molecule has 5 nitrogen and oxygen atoms in total. The number of carbonyl (C=O) groups is 2. The maximum atomic E-state index is 12.4. The van der Waals surface area contributed by atoms with E-state index in [1.54, 1.807) is 4.90 Å². The minimum Gasteiger partial charge on any atom is -0.480 e. The summed E-state index contributed by atoms with van der Waals surface area (Å²) in [6, 6.07) is -0.205. The second kappa shape index (κ2) is 6.46. The van der Waals surface area contributed by atoms with Gasteiger partial charge in [-0.1, -0.05) is 25.7 Å². The molecule has 0 bridgehead atoms. The number of carboxylic acid groups (broad SMARTS) is 1. The second-order valence-electron chi connectivity index (χ2n) is 6.21. The van der Waals surface area contributed by atoms with Crippen LogP contribution in [0.4, 0.5) is 4.79 Å². The first-order valence-corrected chi connectivity index (χ1v) is 7.88. The highest BCUT2D eigenvalue weighted by atomic mass is 16.4. The van der Waals surface area contributed by atoms with Gasteiger partial charge in [0.25, 0.3) is 0 Å². The molecule has 2 rings (SSSR count). The number of rotatable bonds is 5. The molecule has 0 atom stereocenters. The smallest absolute Gasteiger partial charge is 0.329 e. The van der Waals surface area contributed by atoms with Crippen molar-refractivity contribution in [3.8, 4) is 0 Å². The van der Waals surface area contributed by atoms with E-state index in [4.69, 9.17) is 0 Å². The summed E-state index contributed by atoms with van der Waals surface area (Å²) in [5.41, 5.74) is -1.04. The molecule has 2 saturated carbocycles. The Morgan fingerprint density at radius 3 is 2.30 bits per heavy atom. The van der Waals surface area contributed by atoms with Gasteiger partial charge in [-0.15, -0.1) is 0 Å². The number of urea groups is 1. The van der Waals surface area contributed by atoms with Crippen LogP contribution < -0.4 is 5.32 Å². The van der Waals surface area contributed by atoms with Gasteiger partial charge < -0.3 is 15.3 Å². The standard InChI is InChI=1S/C15H26N2O3/c1-2-17(11-12-7-6-8-12)14(20)16-15(13(18)19)9-4-3-5-10-15/h12H,2-11H2,1H3,(H,16,20)(H,18,19). The highest BCUT2D eigenvalue weighted by Crippen LogP contribution is 2.30. The molecule has 2 N–H and O–H groups in total. The maximum absolute atomic E-state index is 12.4. The lowest BCUT2D eigenvalue weighted by atomic mass is 9.81. The van der Waals surface area contributed by atoms with Crippen LogP contribution in [0.15, 0.2) is 0 Å². The van der Waals surface area contributed by atoms with Crippen LogP contribution >= 0.6 is 0 Å². The fourth-order valence-electron chi connectivity index (χ4n) is 3.17. The third-order valence-electron chi connectivity index (χ3n) is 4.83. The number of hydrogen-bond acceptors (Lipinski definition) is 2. The van der Waals surface area contributed by atoms with Crippen molar-refractivity contribution in [2.45, 2.75) is 63.8 Å².